The van der Waals surface area contributed by atoms with E-state index in [2.05, 4.69) is 4.57 Å². The Morgan fingerprint density at radius 3 is 2.37 bits per heavy atom. The van der Waals surface area contributed by atoms with Crippen LogP contribution >= 0.6 is 0 Å². The van der Waals surface area contributed by atoms with Gasteiger partial charge < -0.3 is 26.5 Å². The fraction of sp³-hybridized carbons (Fsp3) is 0.182. The Labute approximate surface area is 170 Å². The van der Waals surface area contributed by atoms with Gasteiger partial charge in [-0.05, 0) is 37.3 Å². The molecule has 0 aliphatic carbocycles. The van der Waals surface area contributed by atoms with Gasteiger partial charge in [0.05, 0.1) is 12.7 Å². The van der Waals surface area contributed by atoms with Gasteiger partial charge in [-0.25, -0.2) is 9.36 Å². The van der Waals surface area contributed by atoms with Crippen molar-refractivity contribution in [3.05, 3.63) is 89.7 Å². The van der Waals surface area contributed by atoms with Crippen molar-refractivity contribution in [3.8, 4) is 11.5 Å². The zero-order valence-electron chi connectivity index (χ0n) is 15.4. The molecule has 0 spiro atoms. The molecule has 0 atom stereocenters. The van der Waals surface area contributed by atoms with Gasteiger partial charge in [0.15, 0.2) is 18.9 Å². The minimum Gasteiger partial charge on any atom is -1.00 e. The van der Waals surface area contributed by atoms with Crippen LogP contribution in [0.15, 0.2) is 73.1 Å². The summed E-state index contributed by atoms with van der Waals surface area (Å²) in [6, 6.07) is 18.8. The zero-order valence-corrected chi connectivity index (χ0v) is 17.0. The molecule has 0 saturated carbocycles. The number of pyridine rings is 1. The lowest BCUT2D eigenvalue weighted by molar-refractivity contribution is -0.696. The number of aryl methyl sites for hydroxylation is 3. The Balaban J connectivity index is 0.00000261. The molecule has 2 aromatic carbocycles. The summed E-state index contributed by atoms with van der Waals surface area (Å²) >= 11 is 0. The van der Waals surface area contributed by atoms with Crippen LogP contribution in [0.4, 0.5) is 0 Å². The Hall–Kier alpha value is -2.66. The molecule has 0 N–H and O–H groups in total. The summed E-state index contributed by atoms with van der Waals surface area (Å²) in [7, 11) is 1.63. The number of benzene rings is 2. The summed E-state index contributed by atoms with van der Waals surface area (Å²) in [6.45, 7) is 2.76. The SMILES string of the molecule is COc1ccc(OC(=O)c2ccc(C)cc2)c(CC[n+]2ccccc2)c1.[Br-]. The van der Waals surface area contributed by atoms with Crippen LogP contribution in [-0.2, 0) is 13.0 Å². The molecule has 0 aliphatic rings. The van der Waals surface area contributed by atoms with E-state index < -0.39 is 0 Å². The van der Waals surface area contributed by atoms with Gasteiger partial charge in [-0.2, -0.15) is 0 Å². The number of hydrogen-bond donors (Lipinski definition) is 0. The quantitative estimate of drug-likeness (QED) is 0.331. The van der Waals surface area contributed by atoms with Crippen LogP contribution in [0.1, 0.15) is 21.5 Å². The average molecular weight is 428 g/mol. The standard InChI is InChI=1S/C22H22NO3.BrH/c1-17-6-8-18(9-7-17)22(24)26-21-11-10-20(25-2)16-19(21)12-15-23-13-4-3-5-14-23;/h3-11,13-14,16H,12,15H2,1-2H3;1H/q+1;/p-1. The van der Waals surface area contributed by atoms with Crippen molar-refractivity contribution >= 4 is 5.97 Å². The average Bonchev–Trinajstić information content (AvgIpc) is 2.68. The van der Waals surface area contributed by atoms with E-state index in [1.54, 1.807) is 31.4 Å². The smallest absolute Gasteiger partial charge is 0.343 e. The highest BCUT2D eigenvalue weighted by Crippen LogP contribution is 2.25. The van der Waals surface area contributed by atoms with Crippen molar-refractivity contribution in [2.75, 3.05) is 7.11 Å². The number of nitrogens with zero attached hydrogens (tertiary/aromatic N) is 1. The molecule has 27 heavy (non-hydrogen) atoms. The number of aromatic nitrogens is 1. The van der Waals surface area contributed by atoms with E-state index in [1.807, 2.05) is 55.7 Å². The summed E-state index contributed by atoms with van der Waals surface area (Å²) in [6.07, 6.45) is 4.75. The molecule has 0 saturated heterocycles. The van der Waals surface area contributed by atoms with Crippen molar-refractivity contribution < 1.29 is 35.8 Å². The van der Waals surface area contributed by atoms with E-state index in [4.69, 9.17) is 9.47 Å². The molecule has 0 radical (unpaired) electrons. The summed E-state index contributed by atoms with van der Waals surface area (Å²) in [5.74, 6) is 0.949. The summed E-state index contributed by atoms with van der Waals surface area (Å²) < 4.78 is 13.1. The van der Waals surface area contributed by atoms with Gasteiger partial charge in [-0.15, -0.1) is 0 Å². The summed E-state index contributed by atoms with van der Waals surface area (Å²) in [5.41, 5.74) is 2.57. The highest BCUT2D eigenvalue weighted by atomic mass is 79.9. The second kappa shape index (κ2) is 9.88. The van der Waals surface area contributed by atoms with E-state index >= 15 is 0 Å². The Morgan fingerprint density at radius 2 is 1.70 bits per heavy atom. The number of carbonyl (C=O) groups excluding carboxylic acids is 1. The normalized spacial score (nSPS) is 10.0. The molecule has 4 nitrogen and oxygen atoms in total. The highest BCUT2D eigenvalue weighted by molar-refractivity contribution is 5.91. The minimum atomic E-state index is -0.358. The largest absolute Gasteiger partial charge is 1.00 e. The van der Waals surface area contributed by atoms with E-state index in [1.165, 1.54) is 0 Å². The fourth-order valence-corrected chi connectivity index (χ4v) is 2.66. The molecule has 3 rings (SSSR count). The number of esters is 1. The monoisotopic (exact) mass is 427 g/mol. The predicted octanol–water partition coefficient (Wildman–Crippen LogP) is 0.757. The van der Waals surface area contributed by atoms with Gasteiger partial charge in [-0.3, -0.25) is 0 Å². The first kappa shape index (κ1) is 20.6. The van der Waals surface area contributed by atoms with Crippen LogP contribution in [0.3, 0.4) is 0 Å². The van der Waals surface area contributed by atoms with Crippen LogP contribution in [0.5, 0.6) is 11.5 Å². The van der Waals surface area contributed by atoms with Crippen molar-refractivity contribution in [3.63, 3.8) is 0 Å². The molecule has 0 aliphatic heterocycles. The third-order valence-electron chi connectivity index (χ3n) is 4.17. The van der Waals surface area contributed by atoms with Gasteiger partial charge in [0.1, 0.15) is 11.5 Å². The number of rotatable bonds is 6. The minimum absolute atomic E-state index is 0. The third kappa shape index (κ3) is 5.66. The summed E-state index contributed by atoms with van der Waals surface area (Å²) in [4.78, 5) is 12.4. The number of hydrogen-bond acceptors (Lipinski definition) is 3. The number of halogens is 1. The van der Waals surface area contributed by atoms with E-state index in [-0.39, 0.29) is 23.0 Å². The molecule has 0 unspecified atom stereocenters. The lowest BCUT2D eigenvalue weighted by Gasteiger charge is -2.11. The fourth-order valence-electron chi connectivity index (χ4n) is 2.66. The first-order chi connectivity index (χ1) is 12.7. The summed E-state index contributed by atoms with van der Waals surface area (Å²) in [5, 5.41) is 0. The van der Waals surface area contributed by atoms with Crippen molar-refractivity contribution in [2.24, 2.45) is 0 Å². The molecule has 1 heterocycles. The molecule has 1 aromatic heterocycles. The first-order valence-corrected chi connectivity index (χ1v) is 8.55. The van der Waals surface area contributed by atoms with Crippen LogP contribution in [-0.4, -0.2) is 13.1 Å². The van der Waals surface area contributed by atoms with Gasteiger partial charge in [0.25, 0.3) is 0 Å². The number of methoxy groups -OCH3 is 1. The second-order valence-corrected chi connectivity index (χ2v) is 6.09. The van der Waals surface area contributed by atoms with Crippen molar-refractivity contribution in [1.82, 2.24) is 0 Å². The van der Waals surface area contributed by atoms with Crippen LogP contribution in [0.2, 0.25) is 0 Å². The molecule has 5 heteroatoms. The molecule has 0 bridgehead atoms. The number of carbonyl (C=O) groups is 1. The first-order valence-electron chi connectivity index (χ1n) is 8.55. The van der Waals surface area contributed by atoms with Crippen LogP contribution in [0.25, 0.3) is 0 Å². The number of ether oxygens (including phenoxy) is 2. The maximum absolute atomic E-state index is 12.4. The Morgan fingerprint density at radius 1 is 1.00 bits per heavy atom. The molecular formula is C22H22BrNO3. The predicted molar refractivity (Wildman–Crippen MR) is 99.5 cm³/mol. The van der Waals surface area contributed by atoms with E-state index in [0.29, 0.717) is 11.3 Å². The topological polar surface area (TPSA) is 39.4 Å². The van der Waals surface area contributed by atoms with Crippen LogP contribution < -0.4 is 31.0 Å². The van der Waals surface area contributed by atoms with Gasteiger partial charge in [-0.1, -0.05) is 23.8 Å². The molecule has 0 fully saturated rings. The Bertz CT molecular complexity index is 880. The van der Waals surface area contributed by atoms with E-state index in [9.17, 15) is 4.79 Å². The van der Waals surface area contributed by atoms with Crippen molar-refractivity contribution in [2.45, 2.75) is 19.9 Å². The zero-order chi connectivity index (χ0) is 18.4. The lowest BCUT2D eigenvalue weighted by atomic mass is 10.1. The van der Waals surface area contributed by atoms with E-state index in [0.717, 1.165) is 29.8 Å². The second-order valence-electron chi connectivity index (χ2n) is 6.09. The maximum atomic E-state index is 12.4. The molecule has 0 amide bonds. The van der Waals surface area contributed by atoms with Gasteiger partial charge in [0.2, 0.25) is 0 Å². The maximum Gasteiger partial charge on any atom is 0.343 e. The molecular weight excluding hydrogens is 406 g/mol. The highest BCUT2D eigenvalue weighted by Gasteiger charge is 2.14. The molecule has 3 aromatic rings. The third-order valence-corrected chi connectivity index (χ3v) is 4.17. The van der Waals surface area contributed by atoms with Crippen molar-refractivity contribution in [1.29, 1.82) is 0 Å². The lowest BCUT2D eigenvalue weighted by Crippen LogP contribution is -3.00. The molecule has 140 valence electrons. The Kier molecular flexibility index (Phi) is 7.55. The van der Waals surface area contributed by atoms with Crippen LogP contribution in [0, 0.1) is 6.92 Å². The van der Waals surface area contributed by atoms with Gasteiger partial charge in [0, 0.05) is 24.1 Å². The van der Waals surface area contributed by atoms with Gasteiger partial charge >= 0.3 is 5.97 Å².